The van der Waals surface area contributed by atoms with Crippen molar-refractivity contribution in [1.29, 1.82) is 0 Å². The van der Waals surface area contributed by atoms with Crippen LogP contribution in [0, 0.1) is 0 Å². The molecule has 0 amide bonds. The van der Waals surface area contributed by atoms with Crippen molar-refractivity contribution in [1.82, 2.24) is 19.6 Å². The molecule has 2 heterocycles. The van der Waals surface area contributed by atoms with Gasteiger partial charge in [0.1, 0.15) is 5.75 Å². The molecule has 0 radical (unpaired) electrons. The second-order valence-electron chi connectivity index (χ2n) is 8.21. The first-order chi connectivity index (χ1) is 14.3. The molecule has 154 valence electrons. The van der Waals surface area contributed by atoms with E-state index in [1.807, 2.05) is 36.4 Å². The van der Waals surface area contributed by atoms with Crippen LogP contribution in [0.1, 0.15) is 31.9 Å². The summed E-state index contributed by atoms with van der Waals surface area (Å²) in [5, 5.41) is 6.04. The van der Waals surface area contributed by atoms with E-state index in [4.69, 9.17) is 4.74 Å². The molecule has 4 rings (SSSR count). The second-order valence-corrected chi connectivity index (χ2v) is 8.21. The fourth-order valence-corrected chi connectivity index (χ4v) is 3.20. The number of rotatable bonds is 5. The van der Waals surface area contributed by atoms with E-state index in [0.29, 0.717) is 24.0 Å². The van der Waals surface area contributed by atoms with Gasteiger partial charge in [0.05, 0.1) is 7.11 Å². The summed E-state index contributed by atoms with van der Waals surface area (Å²) in [4.78, 5) is 21.1. The molecule has 0 atom stereocenters. The molecular weight excluding hydrogens is 378 g/mol. The van der Waals surface area contributed by atoms with E-state index in [-0.39, 0.29) is 11.0 Å². The van der Waals surface area contributed by atoms with Crippen LogP contribution in [0.3, 0.4) is 0 Å². The van der Waals surface area contributed by atoms with E-state index in [2.05, 4.69) is 53.3 Å². The van der Waals surface area contributed by atoms with Crippen molar-refractivity contribution in [2.24, 2.45) is 0 Å². The Kier molecular flexibility index (Phi) is 5.03. The van der Waals surface area contributed by atoms with Crippen LogP contribution in [-0.2, 0) is 12.0 Å². The summed E-state index contributed by atoms with van der Waals surface area (Å²) < 4.78 is 6.77. The number of nitrogens with one attached hydrogen (secondary N) is 2. The Hall–Kier alpha value is -3.61. The number of methoxy groups -OCH3 is 1. The first-order valence-electron chi connectivity index (χ1n) is 9.81. The molecule has 0 aliphatic heterocycles. The summed E-state index contributed by atoms with van der Waals surface area (Å²) in [6.45, 7) is 7.08. The molecule has 0 bridgehead atoms. The number of nitrogens with zero attached hydrogens (tertiary/aromatic N) is 3. The van der Waals surface area contributed by atoms with Crippen LogP contribution < -0.4 is 15.6 Å². The average Bonchev–Trinajstić information content (AvgIpc) is 3.12. The van der Waals surface area contributed by atoms with Gasteiger partial charge >= 0.3 is 0 Å². The third-order valence-corrected chi connectivity index (χ3v) is 4.97. The molecule has 30 heavy (non-hydrogen) atoms. The summed E-state index contributed by atoms with van der Waals surface area (Å²) in [5.41, 5.74) is 3.56. The lowest BCUT2D eigenvalue weighted by Crippen LogP contribution is -2.11. The predicted octanol–water partition coefficient (Wildman–Crippen LogP) is 4.00. The van der Waals surface area contributed by atoms with Crippen molar-refractivity contribution in [3.05, 3.63) is 76.1 Å². The highest BCUT2D eigenvalue weighted by atomic mass is 16.5. The predicted molar refractivity (Wildman–Crippen MR) is 118 cm³/mol. The largest absolute Gasteiger partial charge is 0.497 e. The minimum atomic E-state index is -0.225. The Bertz CT molecular complexity index is 1220. The third kappa shape index (κ3) is 4.05. The van der Waals surface area contributed by atoms with Gasteiger partial charge in [0.25, 0.3) is 5.56 Å². The third-order valence-electron chi connectivity index (χ3n) is 4.97. The van der Waals surface area contributed by atoms with Crippen molar-refractivity contribution in [2.75, 3.05) is 12.4 Å². The monoisotopic (exact) mass is 403 g/mol. The Balaban J connectivity index is 1.67. The maximum absolute atomic E-state index is 11.9. The van der Waals surface area contributed by atoms with E-state index in [1.165, 1.54) is 11.6 Å². The van der Waals surface area contributed by atoms with Crippen LogP contribution in [-0.4, -0.2) is 26.7 Å². The van der Waals surface area contributed by atoms with Crippen LogP contribution in [0.2, 0.25) is 0 Å². The number of fused-ring (bicyclic) bond motifs is 1. The normalized spacial score (nSPS) is 11.6. The van der Waals surface area contributed by atoms with Crippen LogP contribution >= 0.6 is 0 Å². The lowest BCUT2D eigenvalue weighted by atomic mass is 9.87. The van der Waals surface area contributed by atoms with Gasteiger partial charge in [0.2, 0.25) is 5.95 Å². The van der Waals surface area contributed by atoms with Gasteiger partial charge < -0.3 is 10.1 Å². The van der Waals surface area contributed by atoms with Crippen molar-refractivity contribution in [3.63, 3.8) is 0 Å². The molecule has 0 unspecified atom stereocenters. The van der Waals surface area contributed by atoms with Crippen molar-refractivity contribution in [2.45, 2.75) is 32.7 Å². The SMILES string of the molecule is COc1ccc(CNc2nc(-c3ccc(C(C)(C)C)cc3)nc3cc(=O)[nH]n23)cc1. The number of hydrogen-bond donors (Lipinski definition) is 2. The molecule has 0 aliphatic carbocycles. The van der Waals surface area contributed by atoms with E-state index in [9.17, 15) is 4.79 Å². The summed E-state index contributed by atoms with van der Waals surface area (Å²) in [5.74, 6) is 1.89. The van der Waals surface area contributed by atoms with Crippen molar-refractivity contribution < 1.29 is 4.74 Å². The number of anilines is 1. The van der Waals surface area contributed by atoms with Gasteiger partial charge in [-0.25, -0.2) is 9.50 Å². The lowest BCUT2D eigenvalue weighted by Gasteiger charge is -2.19. The molecule has 7 heteroatoms. The molecule has 2 aromatic heterocycles. The van der Waals surface area contributed by atoms with Gasteiger partial charge in [-0.05, 0) is 28.7 Å². The van der Waals surface area contributed by atoms with Gasteiger partial charge in [0, 0.05) is 18.2 Å². The molecule has 0 saturated carbocycles. The number of aromatic amines is 1. The molecule has 2 N–H and O–H groups in total. The van der Waals surface area contributed by atoms with E-state index in [0.717, 1.165) is 16.9 Å². The Labute approximate surface area is 174 Å². The Morgan fingerprint density at radius 1 is 1.03 bits per heavy atom. The first-order valence-corrected chi connectivity index (χ1v) is 9.81. The zero-order valence-electron chi connectivity index (χ0n) is 17.6. The van der Waals surface area contributed by atoms with Crippen molar-refractivity contribution >= 4 is 11.6 Å². The highest BCUT2D eigenvalue weighted by Gasteiger charge is 2.15. The molecule has 0 saturated heterocycles. The summed E-state index contributed by atoms with van der Waals surface area (Å²) in [7, 11) is 1.64. The fraction of sp³-hybridized carbons (Fsp3) is 0.261. The summed E-state index contributed by atoms with van der Waals surface area (Å²) in [6, 6.07) is 17.5. The summed E-state index contributed by atoms with van der Waals surface area (Å²) >= 11 is 0. The fourth-order valence-electron chi connectivity index (χ4n) is 3.20. The van der Waals surface area contributed by atoms with Crippen LogP contribution in [0.4, 0.5) is 5.95 Å². The number of ether oxygens (including phenoxy) is 1. The van der Waals surface area contributed by atoms with E-state index in [1.54, 1.807) is 11.6 Å². The van der Waals surface area contributed by atoms with Gasteiger partial charge in [-0.2, -0.15) is 4.98 Å². The second kappa shape index (κ2) is 7.67. The smallest absolute Gasteiger partial charge is 0.266 e. The highest BCUT2D eigenvalue weighted by Crippen LogP contribution is 2.25. The zero-order chi connectivity index (χ0) is 21.3. The molecule has 2 aromatic carbocycles. The molecular formula is C23H25N5O2. The topological polar surface area (TPSA) is 84.3 Å². The minimum Gasteiger partial charge on any atom is -0.497 e. The number of H-pyrrole nitrogens is 1. The molecule has 7 nitrogen and oxygen atoms in total. The van der Waals surface area contributed by atoms with Crippen LogP contribution in [0.25, 0.3) is 17.0 Å². The van der Waals surface area contributed by atoms with E-state index >= 15 is 0 Å². The quantitative estimate of drug-likeness (QED) is 0.526. The summed E-state index contributed by atoms with van der Waals surface area (Å²) in [6.07, 6.45) is 0. The maximum atomic E-state index is 11.9. The average molecular weight is 403 g/mol. The van der Waals surface area contributed by atoms with Crippen LogP contribution in [0.15, 0.2) is 59.4 Å². The van der Waals surface area contributed by atoms with E-state index < -0.39 is 0 Å². The van der Waals surface area contributed by atoms with Gasteiger partial charge in [0.15, 0.2) is 11.5 Å². The molecule has 4 aromatic rings. The van der Waals surface area contributed by atoms with Gasteiger partial charge in [-0.1, -0.05) is 57.2 Å². The number of hydrogen-bond acceptors (Lipinski definition) is 5. The van der Waals surface area contributed by atoms with Crippen molar-refractivity contribution in [3.8, 4) is 17.1 Å². The zero-order valence-corrected chi connectivity index (χ0v) is 17.6. The first kappa shape index (κ1) is 19.7. The maximum Gasteiger partial charge on any atom is 0.266 e. The van der Waals surface area contributed by atoms with Gasteiger partial charge in [-0.15, -0.1) is 0 Å². The number of aromatic nitrogens is 4. The van der Waals surface area contributed by atoms with Crippen LogP contribution in [0.5, 0.6) is 5.75 Å². The Morgan fingerprint density at radius 3 is 2.37 bits per heavy atom. The van der Waals surface area contributed by atoms with Gasteiger partial charge in [-0.3, -0.25) is 9.89 Å². The minimum absolute atomic E-state index is 0.0718. The number of benzene rings is 2. The Morgan fingerprint density at radius 2 is 1.73 bits per heavy atom. The lowest BCUT2D eigenvalue weighted by molar-refractivity contribution is 0.414. The standard InChI is InChI=1S/C23H25N5O2/c1-23(2,3)17-9-7-16(8-10-17)21-25-19-13-20(29)27-28(19)22(26-21)24-14-15-5-11-18(30-4)12-6-15/h5-13H,14H2,1-4H3,(H,27,29)(H,24,25,26). The molecule has 0 fully saturated rings. The highest BCUT2D eigenvalue weighted by molar-refractivity contribution is 5.60. The molecule has 0 aliphatic rings. The molecule has 0 spiro atoms.